The average Bonchev–Trinajstić information content (AvgIpc) is 3.24. The van der Waals surface area contributed by atoms with E-state index >= 15 is 0 Å². The van der Waals surface area contributed by atoms with Crippen molar-refractivity contribution in [3.8, 4) is 0 Å². The Balaban J connectivity index is 1.59. The van der Waals surface area contributed by atoms with Crippen LogP contribution in [0.4, 0.5) is 5.82 Å². The molecule has 2 aromatic heterocycles. The summed E-state index contributed by atoms with van der Waals surface area (Å²) in [6.07, 6.45) is 2.42. The molecular formula is C16H19N5O3S2. The Kier molecular flexibility index (Phi) is 4.49. The van der Waals surface area contributed by atoms with Crippen molar-refractivity contribution < 1.29 is 13.9 Å². The van der Waals surface area contributed by atoms with E-state index in [9.17, 15) is 4.79 Å². The molecule has 26 heavy (non-hydrogen) atoms. The number of aliphatic imine (C=N–C) groups is 1. The van der Waals surface area contributed by atoms with Gasteiger partial charge in [-0.15, -0.1) is 11.3 Å². The summed E-state index contributed by atoms with van der Waals surface area (Å²) in [7, 11) is 0. The minimum Gasteiger partial charge on any atom is -0.448 e. The lowest BCUT2D eigenvalue weighted by Crippen LogP contribution is -2.49. The molecule has 4 heterocycles. The smallest absolute Gasteiger partial charge is 0.278 e. The van der Waals surface area contributed by atoms with Gasteiger partial charge in [-0.2, -0.15) is 0 Å². The van der Waals surface area contributed by atoms with Crippen LogP contribution in [-0.2, 0) is 10.3 Å². The third-order valence-corrected chi connectivity index (χ3v) is 6.55. The van der Waals surface area contributed by atoms with Gasteiger partial charge >= 0.3 is 0 Å². The van der Waals surface area contributed by atoms with E-state index in [2.05, 4.69) is 22.2 Å². The van der Waals surface area contributed by atoms with Gasteiger partial charge in [0.05, 0.1) is 12.7 Å². The van der Waals surface area contributed by atoms with Crippen LogP contribution in [0, 0.1) is 12.8 Å². The second-order valence-corrected chi connectivity index (χ2v) is 8.38. The van der Waals surface area contributed by atoms with Crippen molar-refractivity contribution in [2.75, 3.05) is 17.7 Å². The van der Waals surface area contributed by atoms with Crippen LogP contribution in [0.25, 0.3) is 0 Å². The first kappa shape index (κ1) is 17.5. The fraction of sp³-hybridized carbons (Fsp3) is 0.500. The Morgan fingerprint density at radius 3 is 3.08 bits per heavy atom. The molecule has 3 atom stereocenters. The highest BCUT2D eigenvalue weighted by Gasteiger charge is 2.49. The average molecular weight is 393 g/mol. The summed E-state index contributed by atoms with van der Waals surface area (Å²) < 4.78 is 11.0. The van der Waals surface area contributed by atoms with Gasteiger partial charge in [-0.1, -0.05) is 11.8 Å². The molecule has 8 nitrogen and oxygen atoms in total. The first-order valence-electron chi connectivity index (χ1n) is 8.25. The van der Waals surface area contributed by atoms with Gasteiger partial charge in [0.1, 0.15) is 22.6 Å². The van der Waals surface area contributed by atoms with Crippen molar-refractivity contribution in [1.29, 1.82) is 0 Å². The lowest BCUT2D eigenvalue weighted by Gasteiger charge is -2.44. The van der Waals surface area contributed by atoms with Gasteiger partial charge in [0, 0.05) is 24.0 Å². The van der Waals surface area contributed by atoms with Gasteiger partial charge in [0.2, 0.25) is 0 Å². The molecule has 1 unspecified atom stereocenters. The normalized spacial score (nSPS) is 28.3. The zero-order valence-electron chi connectivity index (χ0n) is 14.4. The van der Waals surface area contributed by atoms with E-state index in [0.717, 1.165) is 17.2 Å². The van der Waals surface area contributed by atoms with E-state index in [1.807, 2.05) is 0 Å². The number of nitrogens with zero attached hydrogens (tertiary/aromatic N) is 3. The van der Waals surface area contributed by atoms with E-state index in [1.54, 1.807) is 24.1 Å². The first-order chi connectivity index (χ1) is 12.5. The number of aromatic nitrogens is 2. The van der Waals surface area contributed by atoms with E-state index in [4.69, 9.17) is 19.9 Å². The number of nitrogens with two attached hydrogens (primary N) is 1. The number of rotatable bonds is 3. The summed E-state index contributed by atoms with van der Waals surface area (Å²) in [5, 5.41) is 5.92. The number of carbonyl (C=O) groups is 1. The maximum absolute atomic E-state index is 12.2. The number of carbonyl (C=O) groups excluding carboxylic acids is 1. The van der Waals surface area contributed by atoms with E-state index < -0.39 is 5.54 Å². The Labute approximate surface area is 158 Å². The molecule has 2 aromatic rings. The van der Waals surface area contributed by atoms with Crippen molar-refractivity contribution in [3.63, 3.8) is 0 Å². The Morgan fingerprint density at radius 1 is 1.46 bits per heavy atom. The first-order valence-corrected chi connectivity index (χ1v) is 10.1. The second-order valence-electron chi connectivity index (χ2n) is 6.48. The van der Waals surface area contributed by atoms with Crippen LogP contribution in [-0.4, -0.2) is 39.5 Å². The molecule has 0 aromatic carbocycles. The van der Waals surface area contributed by atoms with E-state index in [-0.39, 0.29) is 17.7 Å². The van der Waals surface area contributed by atoms with E-state index in [1.165, 1.54) is 17.6 Å². The van der Waals surface area contributed by atoms with Crippen molar-refractivity contribution in [3.05, 3.63) is 28.2 Å². The summed E-state index contributed by atoms with van der Waals surface area (Å²) >= 11 is 3.03. The van der Waals surface area contributed by atoms with Crippen molar-refractivity contribution in [1.82, 2.24) is 9.97 Å². The van der Waals surface area contributed by atoms with Gasteiger partial charge in [-0.05, 0) is 13.3 Å². The van der Waals surface area contributed by atoms with Crippen LogP contribution >= 0.6 is 23.1 Å². The van der Waals surface area contributed by atoms with Gasteiger partial charge in [0.25, 0.3) is 5.91 Å². The highest BCUT2D eigenvalue weighted by atomic mass is 32.2. The van der Waals surface area contributed by atoms with Crippen molar-refractivity contribution in [2.24, 2.45) is 16.6 Å². The molecule has 0 radical (unpaired) electrons. The number of hydrogen-bond donors (Lipinski definition) is 2. The molecule has 2 aliphatic rings. The Bertz CT molecular complexity index is 864. The Hall–Kier alpha value is -1.91. The SMILES string of the molecule is Cc1nc(C(=O)Nc2csc(C34CO[C@@H](C)C[C@H]3CSC(N)=N4)n2)co1. The second kappa shape index (κ2) is 6.67. The predicted octanol–water partition coefficient (Wildman–Crippen LogP) is 2.37. The predicted molar refractivity (Wildman–Crippen MR) is 101 cm³/mol. The molecule has 1 saturated heterocycles. The Morgan fingerprint density at radius 2 is 2.31 bits per heavy atom. The molecule has 1 amide bonds. The van der Waals surface area contributed by atoms with Crippen LogP contribution in [0.2, 0.25) is 0 Å². The summed E-state index contributed by atoms with van der Waals surface area (Å²) in [5.41, 5.74) is 5.66. The number of amidine groups is 1. The number of anilines is 1. The van der Waals surface area contributed by atoms with Gasteiger partial charge in [0.15, 0.2) is 16.8 Å². The van der Waals surface area contributed by atoms with Gasteiger partial charge in [-0.3, -0.25) is 4.79 Å². The fourth-order valence-electron chi connectivity index (χ4n) is 3.26. The fourth-order valence-corrected chi connectivity index (χ4v) is 5.23. The molecular weight excluding hydrogens is 374 g/mol. The number of ether oxygens (including phenoxy) is 1. The van der Waals surface area contributed by atoms with Crippen LogP contribution in [0.3, 0.4) is 0 Å². The van der Waals surface area contributed by atoms with Crippen LogP contribution < -0.4 is 11.1 Å². The molecule has 0 saturated carbocycles. The number of aryl methyl sites for hydroxylation is 1. The molecule has 10 heteroatoms. The third kappa shape index (κ3) is 3.12. The quantitative estimate of drug-likeness (QED) is 0.822. The number of thiazole rings is 1. The molecule has 3 N–H and O–H groups in total. The number of oxazole rings is 1. The summed E-state index contributed by atoms with van der Waals surface area (Å²) in [6.45, 7) is 4.21. The summed E-state index contributed by atoms with van der Waals surface area (Å²) in [6, 6.07) is 0. The van der Waals surface area contributed by atoms with Crippen LogP contribution in [0.15, 0.2) is 21.1 Å². The summed E-state index contributed by atoms with van der Waals surface area (Å²) in [4.78, 5) is 25.6. The highest BCUT2D eigenvalue weighted by Crippen LogP contribution is 2.46. The third-order valence-electron chi connectivity index (χ3n) is 4.59. The highest BCUT2D eigenvalue weighted by molar-refractivity contribution is 8.13. The molecule has 138 valence electrons. The monoisotopic (exact) mass is 393 g/mol. The molecule has 0 aliphatic carbocycles. The topological polar surface area (TPSA) is 116 Å². The standard InChI is InChI=1S/C16H19N5O3S2/c1-8-3-10-5-26-15(17)21-16(10,7-24-8)14-20-12(6-25-14)19-13(22)11-4-23-9(2)18-11/h4,6,8,10H,3,5,7H2,1-2H3,(H2,17,21)(H,19,22)/t8-,10-,16?/m0/s1. The molecule has 0 bridgehead atoms. The molecule has 0 spiro atoms. The lowest BCUT2D eigenvalue weighted by molar-refractivity contribution is -0.0466. The number of amides is 1. The minimum absolute atomic E-state index is 0.192. The van der Waals surface area contributed by atoms with Crippen molar-refractivity contribution in [2.45, 2.75) is 31.9 Å². The van der Waals surface area contributed by atoms with Gasteiger partial charge in [-0.25, -0.2) is 15.0 Å². The number of thioether (sulfide) groups is 1. The summed E-state index contributed by atoms with van der Waals surface area (Å²) in [5.74, 6) is 1.74. The minimum atomic E-state index is -0.569. The number of hydrogen-bond acceptors (Lipinski definition) is 9. The van der Waals surface area contributed by atoms with Crippen molar-refractivity contribution >= 4 is 40.0 Å². The largest absolute Gasteiger partial charge is 0.448 e. The molecule has 4 rings (SSSR count). The van der Waals surface area contributed by atoms with E-state index in [0.29, 0.717) is 29.4 Å². The molecule has 2 aliphatic heterocycles. The van der Waals surface area contributed by atoms with Crippen LogP contribution in [0.1, 0.15) is 34.7 Å². The maximum Gasteiger partial charge on any atom is 0.278 e. The zero-order valence-corrected chi connectivity index (χ0v) is 16.0. The molecule has 1 fully saturated rings. The lowest BCUT2D eigenvalue weighted by atomic mass is 9.80. The number of fused-ring (bicyclic) bond motifs is 1. The van der Waals surface area contributed by atoms with Crippen LogP contribution in [0.5, 0.6) is 0 Å². The zero-order chi connectivity index (χ0) is 18.3. The number of nitrogens with one attached hydrogen (secondary N) is 1. The maximum atomic E-state index is 12.2. The van der Waals surface area contributed by atoms with Gasteiger partial charge < -0.3 is 20.2 Å².